The van der Waals surface area contributed by atoms with E-state index in [0.29, 0.717) is 12.0 Å². The maximum atomic E-state index is 11.2. The Labute approximate surface area is 126 Å². The SMILES string of the molecule is CN(CCc1ccccc1C(=O)O)C1CCCCCC1O. The van der Waals surface area contributed by atoms with E-state index in [2.05, 4.69) is 4.90 Å². The second-order valence-electron chi connectivity index (χ2n) is 5.97. The summed E-state index contributed by atoms with van der Waals surface area (Å²) in [6, 6.07) is 7.36. The molecule has 1 aromatic rings. The van der Waals surface area contributed by atoms with Crippen LogP contribution in [0.1, 0.15) is 48.0 Å². The highest BCUT2D eigenvalue weighted by molar-refractivity contribution is 5.89. The van der Waals surface area contributed by atoms with Crippen LogP contribution in [0.3, 0.4) is 0 Å². The van der Waals surface area contributed by atoms with Crippen molar-refractivity contribution >= 4 is 5.97 Å². The summed E-state index contributed by atoms with van der Waals surface area (Å²) < 4.78 is 0. The van der Waals surface area contributed by atoms with E-state index in [-0.39, 0.29) is 12.1 Å². The molecule has 1 saturated carbocycles. The predicted octanol–water partition coefficient (Wildman–Crippen LogP) is 2.55. The van der Waals surface area contributed by atoms with Crippen molar-refractivity contribution in [1.82, 2.24) is 4.90 Å². The molecule has 2 unspecified atom stereocenters. The molecule has 0 spiro atoms. The number of carbonyl (C=O) groups is 1. The molecule has 0 saturated heterocycles. The van der Waals surface area contributed by atoms with Gasteiger partial charge in [-0.2, -0.15) is 0 Å². The average Bonchev–Trinajstić information content (AvgIpc) is 2.69. The topological polar surface area (TPSA) is 60.8 Å². The van der Waals surface area contributed by atoms with Crippen LogP contribution in [0.25, 0.3) is 0 Å². The molecule has 2 atom stereocenters. The summed E-state index contributed by atoms with van der Waals surface area (Å²) >= 11 is 0. The fourth-order valence-corrected chi connectivity index (χ4v) is 3.19. The normalized spacial score (nSPS) is 23.0. The molecule has 0 aromatic heterocycles. The Morgan fingerprint density at radius 3 is 2.71 bits per heavy atom. The number of rotatable bonds is 5. The molecule has 0 amide bonds. The molecule has 116 valence electrons. The lowest BCUT2D eigenvalue weighted by Crippen LogP contribution is -2.41. The van der Waals surface area contributed by atoms with E-state index >= 15 is 0 Å². The summed E-state index contributed by atoms with van der Waals surface area (Å²) in [6.45, 7) is 0.770. The monoisotopic (exact) mass is 291 g/mol. The smallest absolute Gasteiger partial charge is 0.335 e. The quantitative estimate of drug-likeness (QED) is 0.819. The van der Waals surface area contributed by atoms with Crippen molar-refractivity contribution < 1.29 is 15.0 Å². The Morgan fingerprint density at radius 1 is 1.24 bits per heavy atom. The minimum Gasteiger partial charge on any atom is -0.478 e. The number of likely N-dealkylation sites (N-methyl/N-ethyl adjacent to an activating group) is 1. The average molecular weight is 291 g/mol. The molecule has 0 bridgehead atoms. The van der Waals surface area contributed by atoms with Crippen LogP contribution in [0.15, 0.2) is 24.3 Å². The van der Waals surface area contributed by atoms with E-state index in [1.54, 1.807) is 12.1 Å². The number of benzene rings is 1. The van der Waals surface area contributed by atoms with E-state index in [4.69, 9.17) is 0 Å². The fourth-order valence-electron chi connectivity index (χ4n) is 3.19. The Balaban J connectivity index is 1.97. The van der Waals surface area contributed by atoms with Gasteiger partial charge < -0.3 is 15.1 Å². The molecule has 1 aliphatic rings. The van der Waals surface area contributed by atoms with E-state index < -0.39 is 5.97 Å². The molecule has 1 aromatic carbocycles. The van der Waals surface area contributed by atoms with E-state index in [1.165, 1.54) is 6.42 Å². The molecule has 0 aliphatic heterocycles. The Kier molecular flexibility index (Phi) is 5.76. The number of aliphatic hydroxyl groups is 1. The molecule has 1 aliphatic carbocycles. The van der Waals surface area contributed by atoms with Crippen molar-refractivity contribution in [2.45, 2.75) is 50.7 Å². The molecule has 0 radical (unpaired) electrons. The van der Waals surface area contributed by atoms with Gasteiger partial charge >= 0.3 is 5.97 Å². The number of hydrogen-bond donors (Lipinski definition) is 2. The van der Waals surface area contributed by atoms with Crippen molar-refractivity contribution in [3.05, 3.63) is 35.4 Å². The number of aliphatic hydroxyl groups excluding tert-OH is 1. The van der Waals surface area contributed by atoms with Crippen LogP contribution >= 0.6 is 0 Å². The first kappa shape index (κ1) is 16.0. The number of hydrogen-bond acceptors (Lipinski definition) is 3. The first-order chi connectivity index (χ1) is 10.1. The highest BCUT2D eigenvalue weighted by atomic mass is 16.4. The summed E-state index contributed by atoms with van der Waals surface area (Å²) in [7, 11) is 2.03. The van der Waals surface area contributed by atoms with Gasteiger partial charge in [-0.05, 0) is 37.9 Å². The summed E-state index contributed by atoms with van der Waals surface area (Å²) in [5, 5.41) is 19.4. The van der Waals surface area contributed by atoms with Crippen LogP contribution in [-0.2, 0) is 6.42 Å². The molecule has 21 heavy (non-hydrogen) atoms. The third-order valence-corrected chi connectivity index (χ3v) is 4.49. The summed E-state index contributed by atoms with van der Waals surface area (Å²) in [6.07, 6.45) is 5.81. The molecule has 0 heterocycles. The van der Waals surface area contributed by atoms with E-state index in [9.17, 15) is 15.0 Å². The van der Waals surface area contributed by atoms with Crippen molar-refractivity contribution in [3.8, 4) is 0 Å². The van der Waals surface area contributed by atoms with Crippen molar-refractivity contribution in [3.63, 3.8) is 0 Å². The van der Waals surface area contributed by atoms with Gasteiger partial charge in [-0.25, -0.2) is 4.79 Å². The van der Waals surface area contributed by atoms with Gasteiger partial charge in [0, 0.05) is 12.6 Å². The van der Waals surface area contributed by atoms with Gasteiger partial charge in [-0.1, -0.05) is 37.5 Å². The van der Waals surface area contributed by atoms with Crippen LogP contribution in [-0.4, -0.2) is 46.8 Å². The zero-order valence-corrected chi connectivity index (χ0v) is 12.7. The third-order valence-electron chi connectivity index (χ3n) is 4.49. The lowest BCUT2D eigenvalue weighted by molar-refractivity contribution is 0.0583. The van der Waals surface area contributed by atoms with Crippen LogP contribution in [0.5, 0.6) is 0 Å². The number of carboxylic acids is 1. The molecular formula is C17H25NO3. The fraction of sp³-hybridized carbons (Fsp3) is 0.588. The first-order valence-corrected chi connectivity index (χ1v) is 7.79. The summed E-state index contributed by atoms with van der Waals surface area (Å²) in [4.78, 5) is 13.4. The molecule has 2 rings (SSSR count). The van der Waals surface area contributed by atoms with Gasteiger partial charge in [-0.15, -0.1) is 0 Å². The van der Waals surface area contributed by atoms with Crippen LogP contribution in [0.2, 0.25) is 0 Å². The summed E-state index contributed by atoms with van der Waals surface area (Å²) in [5.74, 6) is -0.872. The van der Waals surface area contributed by atoms with Gasteiger partial charge in [0.1, 0.15) is 0 Å². The lowest BCUT2D eigenvalue weighted by Gasteiger charge is -2.30. The highest BCUT2D eigenvalue weighted by Gasteiger charge is 2.25. The van der Waals surface area contributed by atoms with Crippen LogP contribution in [0, 0.1) is 0 Å². The number of nitrogens with zero attached hydrogens (tertiary/aromatic N) is 1. The van der Waals surface area contributed by atoms with Crippen molar-refractivity contribution in [1.29, 1.82) is 0 Å². The second-order valence-corrected chi connectivity index (χ2v) is 5.97. The largest absolute Gasteiger partial charge is 0.478 e. The van der Waals surface area contributed by atoms with Gasteiger partial charge in [-0.3, -0.25) is 0 Å². The molecule has 4 heteroatoms. The lowest BCUT2D eigenvalue weighted by atomic mass is 10.0. The van der Waals surface area contributed by atoms with E-state index in [0.717, 1.165) is 37.8 Å². The van der Waals surface area contributed by atoms with Crippen molar-refractivity contribution in [2.24, 2.45) is 0 Å². The number of carboxylic acid groups (broad SMARTS) is 1. The molecule has 1 fully saturated rings. The van der Waals surface area contributed by atoms with E-state index in [1.807, 2.05) is 19.2 Å². The maximum absolute atomic E-state index is 11.2. The van der Waals surface area contributed by atoms with Gasteiger partial charge in [0.2, 0.25) is 0 Å². The zero-order chi connectivity index (χ0) is 15.2. The van der Waals surface area contributed by atoms with Gasteiger partial charge in [0.15, 0.2) is 0 Å². The minimum absolute atomic E-state index is 0.199. The third kappa shape index (κ3) is 4.29. The second kappa shape index (κ2) is 7.57. The number of aromatic carboxylic acids is 1. The predicted molar refractivity (Wildman–Crippen MR) is 82.6 cm³/mol. The Hall–Kier alpha value is -1.39. The maximum Gasteiger partial charge on any atom is 0.335 e. The van der Waals surface area contributed by atoms with Gasteiger partial charge in [0.25, 0.3) is 0 Å². The summed E-state index contributed by atoms with van der Waals surface area (Å²) in [5.41, 5.74) is 1.24. The van der Waals surface area contributed by atoms with Crippen LogP contribution in [0.4, 0.5) is 0 Å². The standard InChI is InChI=1S/C17H25NO3/c1-18(15-9-3-2-4-10-16(15)19)12-11-13-7-5-6-8-14(13)17(20)21/h5-8,15-16,19H,2-4,9-12H2,1H3,(H,20,21). The molecule has 2 N–H and O–H groups in total. The molecule has 4 nitrogen and oxygen atoms in total. The van der Waals surface area contributed by atoms with Crippen LogP contribution < -0.4 is 0 Å². The zero-order valence-electron chi connectivity index (χ0n) is 12.7. The Bertz CT molecular complexity index is 475. The highest BCUT2D eigenvalue weighted by Crippen LogP contribution is 2.22. The van der Waals surface area contributed by atoms with Gasteiger partial charge in [0.05, 0.1) is 11.7 Å². The molecular weight excluding hydrogens is 266 g/mol. The minimum atomic E-state index is -0.872. The first-order valence-electron chi connectivity index (χ1n) is 7.79. The Morgan fingerprint density at radius 2 is 1.95 bits per heavy atom. The van der Waals surface area contributed by atoms with Crippen molar-refractivity contribution in [2.75, 3.05) is 13.6 Å².